The molecule has 0 aromatic carbocycles. The number of rotatable bonds is 2. The number of nitrogens with one attached hydrogen (secondary N) is 1. The van der Waals surface area contributed by atoms with Gasteiger partial charge in [-0.25, -0.2) is 0 Å². The number of anilines is 1. The second-order valence-electron chi connectivity index (χ2n) is 4.02. The van der Waals surface area contributed by atoms with E-state index in [0.717, 1.165) is 0 Å². The van der Waals surface area contributed by atoms with Crippen LogP contribution in [0.5, 0.6) is 0 Å². The summed E-state index contributed by atoms with van der Waals surface area (Å²) in [7, 11) is 0. The van der Waals surface area contributed by atoms with E-state index in [4.69, 9.17) is 5.73 Å². The first-order valence-electron chi connectivity index (χ1n) is 4.46. The third-order valence-electron chi connectivity index (χ3n) is 3.03. The number of hydrogen-bond donors (Lipinski definition) is 2. The molecule has 3 heteroatoms. The molecular weight excluding hydrogens is 150 g/mol. The van der Waals surface area contributed by atoms with Gasteiger partial charge in [0.25, 0.3) is 0 Å². The van der Waals surface area contributed by atoms with Crippen LogP contribution in [0.2, 0.25) is 0 Å². The zero-order chi connectivity index (χ0) is 8.77. The predicted octanol–water partition coefficient (Wildman–Crippen LogP) is 1.68. The van der Waals surface area contributed by atoms with Crippen LogP contribution < -0.4 is 5.73 Å². The second kappa shape index (κ2) is 2.25. The molecule has 0 atom stereocenters. The molecule has 0 bridgehead atoms. The largest absolute Gasteiger partial charge is 0.382 e. The molecule has 0 saturated heterocycles. The fraction of sp³-hybridized carbons (Fsp3) is 0.667. The van der Waals surface area contributed by atoms with Crippen molar-refractivity contribution in [3.8, 4) is 0 Å². The maximum atomic E-state index is 5.56. The highest BCUT2D eigenvalue weighted by Crippen LogP contribution is 2.53. The quantitative estimate of drug-likeness (QED) is 0.700. The molecule has 3 N–H and O–H groups in total. The van der Waals surface area contributed by atoms with E-state index >= 15 is 0 Å². The van der Waals surface area contributed by atoms with Crippen molar-refractivity contribution in [2.75, 3.05) is 5.73 Å². The molecule has 1 heterocycles. The Morgan fingerprint density at radius 2 is 2.25 bits per heavy atom. The lowest BCUT2D eigenvalue weighted by Gasteiger charge is -2.16. The molecule has 66 valence electrons. The minimum atomic E-state index is 0.366. The van der Waals surface area contributed by atoms with Crippen LogP contribution in [-0.4, -0.2) is 10.2 Å². The molecular formula is C9H15N3. The summed E-state index contributed by atoms with van der Waals surface area (Å²) in [5.74, 6) is 1.29. The number of nitrogens with zero attached hydrogens (tertiary/aromatic N) is 1. The van der Waals surface area contributed by atoms with E-state index in [2.05, 4.69) is 24.0 Å². The Morgan fingerprint density at radius 3 is 2.58 bits per heavy atom. The van der Waals surface area contributed by atoms with Crippen molar-refractivity contribution < 1.29 is 0 Å². The average molecular weight is 165 g/mol. The van der Waals surface area contributed by atoms with Gasteiger partial charge >= 0.3 is 0 Å². The van der Waals surface area contributed by atoms with Crippen LogP contribution in [0.4, 0.5) is 5.82 Å². The Balaban J connectivity index is 2.30. The summed E-state index contributed by atoms with van der Waals surface area (Å²) in [6, 6.07) is 1.97. The van der Waals surface area contributed by atoms with E-state index in [1.807, 2.05) is 6.07 Å². The molecule has 3 nitrogen and oxygen atoms in total. The lowest BCUT2D eigenvalue weighted by atomic mass is 9.89. The van der Waals surface area contributed by atoms with Gasteiger partial charge in [0.15, 0.2) is 0 Å². The molecule has 1 saturated carbocycles. The highest BCUT2D eigenvalue weighted by atomic mass is 15.2. The van der Waals surface area contributed by atoms with Crippen molar-refractivity contribution in [1.29, 1.82) is 0 Å². The van der Waals surface area contributed by atoms with Gasteiger partial charge in [-0.3, -0.25) is 5.10 Å². The maximum absolute atomic E-state index is 5.56. The van der Waals surface area contributed by atoms with Gasteiger partial charge in [0.05, 0.1) is 0 Å². The number of aromatic nitrogens is 2. The minimum Gasteiger partial charge on any atom is -0.382 e. The summed E-state index contributed by atoms with van der Waals surface area (Å²) in [5, 5.41) is 6.97. The molecule has 1 aromatic rings. The van der Waals surface area contributed by atoms with Crippen molar-refractivity contribution in [3.05, 3.63) is 11.8 Å². The standard InChI is InChI=1S/C9H15N3/c1-6(2)9(3-4-9)7-5-8(10)12-11-7/h5-6H,3-4H2,1-2H3,(H3,10,11,12). The third kappa shape index (κ3) is 0.924. The van der Waals surface area contributed by atoms with E-state index in [1.165, 1.54) is 18.5 Å². The Morgan fingerprint density at radius 1 is 1.58 bits per heavy atom. The van der Waals surface area contributed by atoms with E-state index in [1.54, 1.807) is 0 Å². The highest BCUT2D eigenvalue weighted by Gasteiger charge is 2.48. The zero-order valence-corrected chi connectivity index (χ0v) is 7.59. The molecule has 2 rings (SSSR count). The number of aromatic amines is 1. The molecule has 12 heavy (non-hydrogen) atoms. The number of nitrogen functional groups attached to an aromatic ring is 1. The van der Waals surface area contributed by atoms with Gasteiger partial charge in [-0.15, -0.1) is 0 Å². The SMILES string of the molecule is CC(C)C1(c2cc(N)n[nH]2)CC1. The van der Waals surface area contributed by atoms with E-state index < -0.39 is 0 Å². The molecule has 1 fully saturated rings. The predicted molar refractivity (Wildman–Crippen MR) is 48.8 cm³/mol. The van der Waals surface area contributed by atoms with E-state index in [0.29, 0.717) is 17.2 Å². The topological polar surface area (TPSA) is 54.7 Å². The summed E-state index contributed by atoms with van der Waals surface area (Å²) in [6.45, 7) is 4.51. The van der Waals surface area contributed by atoms with Crippen LogP contribution in [0, 0.1) is 5.92 Å². The van der Waals surface area contributed by atoms with Crippen molar-refractivity contribution in [2.24, 2.45) is 5.92 Å². The monoisotopic (exact) mass is 165 g/mol. The van der Waals surface area contributed by atoms with Crippen LogP contribution in [0.3, 0.4) is 0 Å². The Labute approximate surface area is 72.4 Å². The molecule has 1 aliphatic rings. The summed E-state index contributed by atoms with van der Waals surface area (Å²) in [6.07, 6.45) is 2.54. The van der Waals surface area contributed by atoms with Crippen LogP contribution >= 0.6 is 0 Å². The minimum absolute atomic E-state index is 0.366. The first-order chi connectivity index (χ1) is 5.65. The normalized spacial score (nSPS) is 19.9. The Kier molecular flexibility index (Phi) is 1.43. The van der Waals surface area contributed by atoms with Crippen molar-refractivity contribution >= 4 is 5.82 Å². The van der Waals surface area contributed by atoms with Gasteiger partial charge < -0.3 is 5.73 Å². The number of hydrogen-bond acceptors (Lipinski definition) is 2. The van der Waals surface area contributed by atoms with Crippen LogP contribution in [0.25, 0.3) is 0 Å². The Hall–Kier alpha value is -0.990. The first kappa shape index (κ1) is 7.65. The van der Waals surface area contributed by atoms with Gasteiger partial charge in [-0.2, -0.15) is 5.10 Å². The summed E-state index contributed by atoms with van der Waals surface area (Å²) >= 11 is 0. The number of H-pyrrole nitrogens is 1. The van der Waals surface area contributed by atoms with Gasteiger partial charge in [0, 0.05) is 17.2 Å². The summed E-state index contributed by atoms with van der Waals surface area (Å²) in [5.41, 5.74) is 7.14. The Bertz CT molecular complexity index is 284. The van der Waals surface area contributed by atoms with Crippen LogP contribution in [0.1, 0.15) is 32.4 Å². The lowest BCUT2D eigenvalue weighted by Crippen LogP contribution is -2.14. The highest BCUT2D eigenvalue weighted by molar-refractivity contribution is 5.36. The summed E-state index contributed by atoms with van der Waals surface area (Å²) in [4.78, 5) is 0. The van der Waals surface area contributed by atoms with Crippen LogP contribution in [-0.2, 0) is 5.41 Å². The van der Waals surface area contributed by atoms with Gasteiger partial charge in [-0.05, 0) is 18.8 Å². The maximum Gasteiger partial charge on any atom is 0.145 e. The van der Waals surface area contributed by atoms with Crippen molar-refractivity contribution in [2.45, 2.75) is 32.1 Å². The fourth-order valence-electron chi connectivity index (χ4n) is 1.88. The second-order valence-corrected chi connectivity index (χ2v) is 4.02. The van der Waals surface area contributed by atoms with Gasteiger partial charge in [0.1, 0.15) is 5.82 Å². The van der Waals surface area contributed by atoms with Crippen LogP contribution in [0.15, 0.2) is 6.07 Å². The molecule has 0 spiro atoms. The number of nitrogens with two attached hydrogens (primary N) is 1. The third-order valence-corrected chi connectivity index (χ3v) is 3.03. The fourth-order valence-corrected chi connectivity index (χ4v) is 1.88. The molecule has 0 amide bonds. The summed E-state index contributed by atoms with van der Waals surface area (Å²) < 4.78 is 0. The van der Waals surface area contributed by atoms with Crippen molar-refractivity contribution in [1.82, 2.24) is 10.2 Å². The van der Waals surface area contributed by atoms with Crippen molar-refractivity contribution in [3.63, 3.8) is 0 Å². The molecule has 0 unspecified atom stereocenters. The zero-order valence-electron chi connectivity index (χ0n) is 7.59. The average Bonchev–Trinajstić information content (AvgIpc) is 2.71. The molecule has 0 aliphatic heterocycles. The molecule has 0 radical (unpaired) electrons. The smallest absolute Gasteiger partial charge is 0.145 e. The van der Waals surface area contributed by atoms with Gasteiger partial charge in [-0.1, -0.05) is 13.8 Å². The lowest BCUT2D eigenvalue weighted by molar-refractivity contribution is 0.469. The molecule has 1 aliphatic carbocycles. The molecule has 1 aromatic heterocycles. The first-order valence-corrected chi connectivity index (χ1v) is 4.46. The van der Waals surface area contributed by atoms with E-state index in [9.17, 15) is 0 Å². The van der Waals surface area contributed by atoms with E-state index in [-0.39, 0.29) is 0 Å². The van der Waals surface area contributed by atoms with Gasteiger partial charge in [0.2, 0.25) is 0 Å².